The number of carboxylic acids is 2. The molecule has 1 aromatic carbocycles. The second kappa shape index (κ2) is 12.3. The summed E-state index contributed by atoms with van der Waals surface area (Å²) in [5, 5.41) is 19.2. The highest BCUT2D eigenvalue weighted by Gasteiger charge is 2.57. The number of aromatic nitrogens is 1. The summed E-state index contributed by atoms with van der Waals surface area (Å²) in [6.07, 6.45) is 3.44. The number of carboxylic acid groups (broad SMARTS) is 2. The fourth-order valence-corrected chi connectivity index (χ4v) is 7.87. The summed E-state index contributed by atoms with van der Waals surface area (Å²) in [4.78, 5) is 51.7. The largest absolute Gasteiger partial charge is 0.478 e. The monoisotopic (exact) mass is 626 g/mol. The Morgan fingerprint density at radius 3 is 2.51 bits per heavy atom. The van der Waals surface area contributed by atoms with Gasteiger partial charge in [0.15, 0.2) is 25.0 Å². The van der Waals surface area contributed by atoms with Crippen LogP contribution in [0.25, 0.3) is 0 Å². The van der Waals surface area contributed by atoms with Crippen molar-refractivity contribution in [2.75, 3.05) is 11.5 Å². The molecule has 2 amide bonds. The molecular weight excluding hydrogens is 605 g/mol. The topological polar surface area (TPSA) is 119 Å². The third kappa shape index (κ3) is 6.41. The number of β-lactam (4-membered cyclic amide) rings is 1. The number of hydrogen-bond acceptors (Lipinski definition) is 7. The van der Waals surface area contributed by atoms with Crippen molar-refractivity contribution in [2.45, 2.75) is 34.7 Å². The van der Waals surface area contributed by atoms with E-state index in [0.717, 1.165) is 16.8 Å². The Hall–Kier alpha value is -2.64. The van der Waals surface area contributed by atoms with Gasteiger partial charge in [0, 0.05) is 45.4 Å². The Balaban J connectivity index is 1.49. The Labute approximate surface area is 247 Å². The van der Waals surface area contributed by atoms with Gasteiger partial charge in [-0.25, -0.2) is 14.2 Å². The highest BCUT2D eigenvalue weighted by Crippen LogP contribution is 2.46. The molecule has 4 rings (SSSR count). The number of fused-ring (bicyclic) bond motifs is 1. The Morgan fingerprint density at radius 1 is 1.21 bits per heavy atom. The lowest BCUT2D eigenvalue weighted by molar-refractivity contribution is -0.688. The van der Waals surface area contributed by atoms with E-state index in [1.54, 1.807) is 47.3 Å². The Morgan fingerprint density at radius 2 is 1.90 bits per heavy atom. The van der Waals surface area contributed by atoms with Crippen molar-refractivity contribution >= 4 is 82.4 Å². The van der Waals surface area contributed by atoms with Crippen molar-refractivity contribution in [1.82, 2.24) is 9.21 Å². The Bertz CT molecular complexity index is 1400. The number of rotatable bonds is 10. The van der Waals surface area contributed by atoms with Crippen LogP contribution in [-0.4, -0.2) is 66.1 Å². The van der Waals surface area contributed by atoms with Crippen molar-refractivity contribution in [3.8, 4) is 0 Å². The van der Waals surface area contributed by atoms with Crippen molar-refractivity contribution < 1.29 is 34.0 Å². The molecule has 0 bridgehead atoms. The van der Waals surface area contributed by atoms with E-state index in [4.69, 9.17) is 28.3 Å². The van der Waals surface area contributed by atoms with Crippen LogP contribution in [0.5, 0.6) is 0 Å². The third-order valence-electron chi connectivity index (χ3n) is 5.82. The summed E-state index contributed by atoms with van der Waals surface area (Å²) in [7, 11) is 0. The number of nitrogens with zero attached hydrogens (tertiary/aromatic N) is 3. The molecule has 9 nitrogen and oxygen atoms in total. The van der Waals surface area contributed by atoms with E-state index in [1.165, 1.54) is 39.7 Å². The standard InChI is InChI=1S/C25H21Cl2N3O6S3/c1-13(24(33)34)10-28-7-5-17(6-8-28)37-11-15-12-38-23-21(22(32)29(23)20(15)25(35)36)30(14(2)31)39-19-9-16(26)3-4-18(19)27/h3-9,21,23H,1,10-12H2,2H3,(H-,33,34,35,36)/p+1/t21-,23+/m0/s1. The third-order valence-corrected chi connectivity index (χ3v) is 10.1. The lowest BCUT2D eigenvalue weighted by atomic mass is 10.0. The van der Waals surface area contributed by atoms with Gasteiger partial charge in [0.25, 0.3) is 5.91 Å². The number of halogens is 2. The number of thioether (sulfide) groups is 2. The number of benzene rings is 1. The van der Waals surface area contributed by atoms with E-state index in [-0.39, 0.29) is 23.7 Å². The zero-order valence-corrected chi connectivity index (χ0v) is 24.3. The van der Waals surface area contributed by atoms with Crippen LogP contribution < -0.4 is 4.57 Å². The van der Waals surface area contributed by atoms with Crippen LogP contribution in [0.3, 0.4) is 0 Å². The van der Waals surface area contributed by atoms with E-state index in [1.807, 2.05) is 0 Å². The van der Waals surface area contributed by atoms with Crippen LogP contribution >= 0.6 is 58.7 Å². The van der Waals surface area contributed by atoms with Gasteiger partial charge in [-0.2, -0.15) is 0 Å². The maximum atomic E-state index is 13.3. The van der Waals surface area contributed by atoms with E-state index < -0.39 is 29.3 Å². The van der Waals surface area contributed by atoms with Crippen LogP contribution in [0.2, 0.25) is 10.0 Å². The summed E-state index contributed by atoms with van der Waals surface area (Å²) in [5.74, 6) is -2.41. The minimum Gasteiger partial charge on any atom is -0.478 e. The van der Waals surface area contributed by atoms with Gasteiger partial charge in [0.05, 0.1) is 10.6 Å². The van der Waals surface area contributed by atoms with Gasteiger partial charge in [-0.15, -0.1) is 23.5 Å². The molecular formula is C25H22Cl2N3O6S3+. The molecule has 2 N–H and O–H groups in total. The van der Waals surface area contributed by atoms with Crippen LogP contribution in [0, 0.1) is 0 Å². The van der Waals surface area contributed by atoms with Gasteiger partial charge in [-0.3, -0.25) is 18.8 Å². The highest BCUT2D eigenvalue weighted by molar-refractivity contribution is 8.01. The highest BCUT2D eigenvalue weighted by atomic mass is 35.5. The van der Waals surface area contributed by atoms with Crippen molar-refractivity contribution in [3.63, 3.8) is 0 Å². The normalized spacial score (nSPS) is 18.3. The van der Waals surface area contributed by atoms with Crippen LogP contribution in [0.1, 0.15) is 6.92 Å². The predicted molar refractivity (Wildman–Crippen MR) is 151 cm³/mol. The first-order valence-corrected chi connectivity index (χ1v) is 14.9. The maximum absolute atomic E-state index is 13.3. The van der Waals surface area contributed by atoms with Gasteiger partial charge in [-0.1, -0.05) is 29.8 Å². The predicted octanol–water partition coefficient (Wildman–Crippen LogP) is 4.19. The molecule has 14 heteroatoms. The Kier molecular flexibility index (Phi) is 9.22. The average molecular weight is 628 g/mol. The fourth-order valence-electron chi connectivity index (χ4n) is 3.93. The summed E-state index contributed by atoms with van der Waals surface area (Å²) >= 11 is 16.1. The fraction of sp³-hybridized carbons (Fsp3) is 0.240. The minimum absolute atomic E-state index is 0.0559. The van der Waals surface area contributed by atoms with Crippen LogP contribution in [0.15, 0.2) is 75.9 Å². The molecule has 0 saturated carbocycles. The lowest BCUT2D eigenvalue weighted by Crippen LogP contribution is -2.70. The van der Waals surface area contributed by atoms with E-state index in [2.05, 4.69) is 6.58 Å². The second-order valence-corrected chi connectivity index (χ2v) is 12.5. The molecule has 1 aromatic heterocycles. The van der Waals surface area contributed by atoms with Crippen molar-refractivity contribution in [1.29, 1.82) is 0 Å². The quantitative estimate of drug-likeness (QED) is 0.131. The number of aliphatic carboxylic acids is 2. The molecule has 1 saturated heterocycles. The van der Waals surface area contributed by atoms with Crippen molar-refractivity contribution in [3.05, 3.63) is 76.2 Å². The van der Waals surface area contributed by atoms with Gasteiger partial charge in [0.1, 0.15) is 11.1 Å². The van der Waals surface area contributed by atoms with Gasteiger partial charge in [-0.05, 0) is 35.7 Å². The number of amides is 2. The molecule has 2 aliphatic rings. The maximum Gasteiger partial charge on any atom is 0.352 e. The minimum atomic E-state index is -1.21. The smallest absolute Gasteiger partial charge is 0.352 e. The average Bonchev–Trinajstić information content (AvgIpc) is 2.89. The molecule has 204 valence electrons. The zero-order chi connectivity index (χ0) is 28.4. The van der Waals surface area contributed by atoms with E-state index in [0.29, 0.717) is 32.0 Å². The van der Waals surface area contributed by atoms with Gasteiger partial charge in [0.2, 0.25) is 5.91 Å². The molecule has 3 heterocycles. The van der Waals surface area contributed by atoms with E-state index in [9.17, 15) is 24.3 Å². The molecule has 1 fully saturated rings. The summed E-state index contributed by atoms with van der Waals surface area (Å²) in [6, 6.07) is 7.56. The molecule has 2 aromatic rings. The molecule has 0 aliphatic carbocycles. The zero-order valence-electron chi connectivity index (χ0n) is 20.4. The van der Waals surface area contributed by atoms with Crippen LogP contribution in [-0.2, 0) is 25.7 Å². The first kappa shape index (κ1) is 29.3. The first-order valence-electron chi connectivity index (χ1n) is 11.3. The summed E-state index contributed by atoms with van der Waals surface area (Å²) < 4.78 is 3.00. The van der Waals surface area contributed by atoms with Gasteiger partial charge >= 0.3 is 11.9 Å². The second-order valence-electron chi connectivity index (χ2n) is 8.53. The molecule has 2 aliphatic heterocycles. The molecule has 0 unspecified atom stereocenters. The molecule has 2 atom stereocenters. The number of hydrogen-bond donors (Lipinski definition) is 2. The SMILES string of the molecule is C=C(C[n+]1ccc(SCC2=C(C(=O)O)N3C(=O)[C@H](N(Sc4cc(Cl)ccc4Cl)C(C)=O)[C@H]3SC2)cc1)C(=O)O. The summed E-state index contributed by atoms with van der Waals surface area (Å²) in [5.41, 5.74) is 0.586. The number of carbonyl (C=O) groups excluding carboxylic acids is 2. The molecule has 0 spiro atoms. The first-order chi connectivity index (χ1) is 18.5. The van der Waals surface area contributed by atoms with E-state index >= 15 is 0 Å². The number of pyridine rings is 1. The lowest BCUT2D eigenvalue weighted by Gasteiger charge is -2.52. The van der Waals surface area contributed by atoms with Gasteiger partial charge < -0.3 is 10.2 Å². The van der Waals surface area contributed by atoms with Crippen LogP contribution in [0.4, 0.5) is 0 Å². The molecule has 39 heavy (non-hydrogen) atoms. The summed E-state index contributed by atoms with van der Waals surface area (Å²) in [6.45, 7) is 5.00. The van der Waals surface area contributed by atoms with Crippen molar-refractivity contribution in [2.24, 2.45) is 0 Å². The number of carbonyl (C=O) groups is 4. The molecule has 0 radical (unpaired) electrons.